The van der Waals surface area contributed by atoms with E-state index in [1.807, 2.05) is 30.3 Å². The molecule has 5 nitrogen and oxygen atoms in total. The smallest absolute Gasteiger partial charge is 0.303 e. The van der Waals surface area contributed by atoms with Crippen LogP contribution in [-0.2, 0) is 20.8 Å². The normalized spacial score (nSPS) is 11.6. The van der Waals surface area contributed by atoms with E-state index in [4.69, 9.17) is 5.11 Å². The van der Waals surface area contributed by atoms with Gasteiger partial charge in [-0.2, -0.15) is 0 Å². The van der Waals surface area contributed by atoms with Crippen LogP contribution in [0.1, 0.15) is 25.3 Å². The molecule has 2 N–H and O–H groups in total. The van der Waals surface area contributed by atoms with Gasteiger partial charge in [-0.25, -0.2) is 0 Å². The molecule has 1 amide bonds. The second-order valence-electron chi connectivity index (χ2n) is 4.30. The highest BCUT2D eigenvalue weighted by molar-refractivity contribution is 5.90. The van der Waals surface area contributed by atoms with Crippen molar-refractivity contribution in [2.24, 2.45) is 0 Å². The van der Waals surface area contributed by atoms with Crippen LogP contribution < -0.4 is 5.32 Å². The lowest BCUT2D eigenvalue weighted by molar-refractivity contribution is -0.138. The zero-order valence-electron chi connectivity index (χ0n) is 10.8. The summed E-state index contributed by atoms with van der Waals surface area (Å²) in [5, 5.41) is 11.1. The molecular formula is C14H17NO4. The molecule has 102 valence electrons. The Hall–Kier alpha value is -2.17. The van der Waals surface area contributed by atoms with Gasteiger partial charge in [-0.05, 0) is 12.0 Å². The molecule has 0 bridgehead atoms. The summed E-state index contributed by atoms with van der Waals surface area (Å²) in [4.78, 5) is 33.5. The summed E-state index contributed by atoms with van der Waals surface area (Å²) in [6.07, 6.45) is 0.0791. The molecule has 0 aromatic heterocycles. The average molecular weight is 263 g/mol. The summed E-state index contributed by atoms with van der Waals surface area (Å²) < 4.78 is 0. The number of rotatable bonds is 7. The number of carboxylic acid groups (broad SMARTS) is 1. The monoisotopic (exact) mass is 263 g/mol. The van der Waals surface area contributed by atoms with Crippen molar-refractivity contribution in [1.29, 1.82) is 0 Å². The first-order valence-corrected chi connectivity index (χ1v) is 6.04. The summed E-state index contributed by atoms with van der Waals surface area (Å²) in [7, 11) is 0. The number of carboxylic acids is 1. The molecule has 1 aromatic rings. The first-order chi connectivity index (χ1) is 8.99. The maximum Gasteiger partial charge on any atom is 0.303 e. The van der Waals surface area contributed by atoms with Crippen LogP contribution in [0.25, 0.3) is 0 Å². The van der Waals surface area contributed by atoms with Gasteiger partial charge in [-0.1, -0.05) is 30.3 Å². The Morgan fingerprint density at radius 2 is 1.79 bits per heavy atom. The van der Waals surface area contributed by atoms with Crippen LogP contribution in [0.4, 0.5) is 0 Å². The number of nitrogens with one attached hydrogen (secondary N) is 1. The van der Waals surface area contributed by atoms with Gasteiger partial charge in [0, 0.05) is 13.3 Å². The third-order valence-corrected chi connectivity index (χ3v) is 2.63. The molecule has 0 saturated heterocycles. The Bertz CT molecular complexity index is 456. The maximum absolute atomic E-state index is 11.9. The van der Waals surface area contributed by atoms with Gasteiger partial charge in [0.15, 0.2) is 5.78 Å². The fourth-order valence-electron chi connectivity index (χ4n) is 1.74. The zero-order valence-corrected chi connectivity index (χ0v) is 10.8. The minimum absolute atomic E-state index is 0.0763. The van der Waals surface area contributed by atoms with Crippen molar-refractivity contribution in [2.45, 2.75) is 32.2 Å². The van der Waals surface area contributed by atoms with Crippen LogP contribution in [-0.4, -0.2) is 28.8 Å². The van der Waals surface area contributed by atoms with E-state index < -0.39 is 12.0 Å². The summed E-state index contributed by atoms with van der Waals surface area (Å²) >= 11 is 0. The van der Waals surface area contributed by atoms with Crippen molar-refractivity contribution in [2.75, 3.05) is 0 Å². The second-order valence-corrected chi connectivity index (χ2v) is 4.30. The standard InChI is InChI=1S/C14H17NO4/c1-10(16)15-12(13(17)7-8-14(18)19)9-11-5-3-2-4-6-11/h2-6,12H,7-9H2,1H3,(H,15,16)(H,18,19). The molecule has 0 spiro atoms. The summed E-state index contributed by atoms with van der Waals surface area (Å²) in [5.41, 5.74) is 0.921. The van der Waals surface area contributed by atoms with E-state index in [1.165, 1.54) is 6.92 Å². The number of carbonyl (C=O) groups is 3. The van der Waals surface area contributed by atoms with E-state index in [2.05, 4.69) is 5.32 Å². The number of aliphatic carboxylic acids is 1. The molecule has 1 atom stereocenters. The zero-order chi connectivity index (χ0) is 14.3. The molecule has 1 rings (SSSR count). The molecular weight excluding hydrogens is 246 g/mol. The number of amides is 1. The molecule has 0 aliphatic heterocycles. The Labute approximate surface area is 111 Å². The van der Waals surface area contributed by atoms with E-state index in [9.17, 15) is 14.4 Å². The lowest BCUT2D eigenvalue weighted by atomic mass is 9.99. The predicted molar refractivity (Wildman–Crippen MR) is 69.6 cm³/mol. The van der Waals surface area contributed by atoms with Crippen molar-refractivity contribution in [1.82, 2.24) is 5.32 Å². The van der Waals surface area contributed by atoms with E-state index in [0.29, 0.717) is 6.42 Å². The van der Waals surface area contributed by atoms with Gasteiger partial charge in [0.1, 0.15) is 0 Å². The average Bonchev–Trinajstić information content (AvgIpc) is 2.36. The van der Waals surface area contributed by atoms with Gasteiger partial charge >= 0.3 is 5.97 Å². The van der Waals surface area contributed by atoms with Crippen molar-refractivity contribution in [3.63, 3.8) is 0 Å². The summed E-state index contributed by atoms with van der Waals surface area (Å²) in [6.45, 7) is 1.34. The van der Waals surface area contributed by atoms with E-state index in [0.717, 1.165) is 5.56 Å². The predicted octanol–water partition coefficient (Wildman–Crippen LogP) is 1.17. The number of hydrogen-bond acceptors (Lipinski definition) is 3. The molecule has 0 fully saturated rings. The van der Waals surface area contributed by atoms with E-state index in [-0.39, 0.29) is 24.5 Å². The van der Waals surface area contributed by atoms with Crippen molar-refractivity contribution in [3.05, 3.63) is 35.9 Å². The van der Waals surface area contributed by atoms with Crippen molar-refractivity contribution >= 4 is 17.7 Å². The van der Waals surface area contributed by atoms with E-state index in [1.54, 1.807) is 0 Å². The number of hydrogen-bond donors (Lipinski definition) is 2. The number of carbonyl (C=O) groups excluding carboxylic acids is 2. The molecule has 0 heterocycles. The highest BCUT2D eigenvalue weighted by Crippen LogP contribution is 2.06. The first-order valence-electron chi connectivity index (χ1n) is 6.04. The topological polar surface area (TPSA) is 83.5 Å². The van der Waals surface area contributed by atoms with Crippen LogP contribution in [0.3, 0.4) is 0 Å². The van der Waals surface area contributed by atoms with Gasteiger partial charge in [0.2, 0.25) is 5.91 Å². The Balaban J connectivity index is 2.68. The van der Waals surface area contributed by atoms with Gasteiger partial charge in [-0.3, -0.25) is 14.4 Å². The van der Waals surface area contributed by atoms with Gasteiger partial charge in [0.25, 0.3) is 0 Å². The second kappa shape index (κ2) is 7.31. The van der Waals surface area contributed by atoms with Crippen LogP contribution >= 0.6 is 0 Å². The molecule has 1 aromatic carbocycles. The van der Waals surface area contributed by atoms with E-state index >= 15 is 0 Å². The summed E-state index contributed by atoms with van der Waals surface area (Å²) in [6, 6.07) is 8.62. The molecule has 0 saturated carbocycles. The Kier molecular flexibility index (Phi) is 5.73. The van der Waals surface area contributed by atoms with Crippen LogP contribution in [0, 0.1) is 0 Å². The molecule has 0 aliphatic rings. The van der Waals surface area contributed by atoms with Crippen molar-refractivity contribution in [3.8, 4) is 0 Å². The highest BCUT2D eigenvalue weighted by atomic mass is 16.4. The molecule has 19 heavy (non-hydrogen) atoms. The number of benzene rings is 1. The van der Waals surface area contributed by atoms with Crippen LogP contribution in [0.5, 0.6) is 0 Å². The minimum Gasteiger partial charge on any atom is -0.481 e. The first kappa shape index (κ1) is 14.9. The number of ketones is 1. The van der Waals surface area contributed by atoms with Crippen molar-refractivity contribution < 1.29 is 19.5 Å². The van der Waals surface area contributed by atoms with Gasteiger partial charge < -0.3 is 10.4 Å². The van der Waals surface area contributed by atoms with Crippen LogP contribution in [0.15, 0.2) is 30.3 Å². The quantitative estimate of drug-likeness (QED) is 0.773. The minimum atomic E-state index is -1.02. The third kappa shape index (κ3) is 5.81. The third-order valence-electron chi connectivity index (χ3n) is 2.63. The largest absolute Gasteiger partial charge is 0.481 e. The molecule has 0 aliphatic carbocycles. The van der Waals surface area contributed by atoms with Gasteiger partial charge in [-0.15, -0.1) is 0 Å². The lowest BCUT2D eigenvalue weighted by Crippen LogP contribution is -2.41. The molecule has 0 radical (unpaired) electrons. The SMILES string of the molecule is CC(=O)NC(Cc1ccccc1)C(=O)CCC(=O)O. The maximum atomic E-state index is 11.9. The van der Waals surface area contributed by atoms with Crippen LogP contribution in [0.2, 0.25) is 0 Å². The lowest BCUT2D eigenvalue weighted by Gasteiger charge is -2.16. The fourth-order valence-corrected chi connectivity index (χ4v) is 1.74. The molecule has 1 unspecified atom stereocenters. The fraction of sp³-hybridized carbons (Fsp3) is 0.357. The summed E-state index contributed by atoms with van der Waals surface area (Å²) in [5.74, 6) is -1.58. The molecule has 5 heteroatoms. The Morgan fingerprint density at radius 1 is 1.16 bits per heavy atom. The highest BCUT2D eigenvalue weighted by Gasteiger charge is 2.20. The number of Topliss-reactive ketones (excluding diaryl/α,β-unsaturated/α-hetero) is 1. The van der Waals surface area contributed by atoms with Gasteiger partial charge in [0.05, 0.1) is 12.5 Å². The Morgan fingerprint density at radius 3 is 2.32 bits per heavy atom.